The Morgan fingerprint density at radius 3 is 2.43 bits per heavy atom. The molecular formula is C22H27N5O2S. The van der Waals surface area contributed by atoms with Crippen molar-refractivity contribution in [3.05, 3.63) is 53.9 Å². The number of methoxy groups -OCH3 is 1. The number of carbonyl (C=O) groups excluding carboxylic acids is 1. The molecule has 3 rings (SSSR count). The first-order valence-corrected chi connectivity index (χ1v) is 11.0. The zero-order valence-electron chi connectivity index (χ0n) is 17.6. The van der Waals surface area contributed by atoms with E-state index < -0.39 is 0 Å². The third-order valence-electron chi connectivity index (χ3n) is 4.77. The van der Waals surface area contributed by atoms with E-state index in [2.05, 4.69) is 46.5 Å². The third kappa shape index (κ3) is 5.25. The highest BCUT2D eigenvalue weighted by atomic mass is 32.2. The van der Waals surface area contributed by atoms with E-state index in [9.17, 15) is 4.79 Å². The number of anilines is 1. The van der Waals surface area contributed by atoms with Crippen molar-refractivity contribution < 1.29 is 9.53 Å². The van der Waals surface area contributed by atoms with Crippen LogP contribution in [0.25, 0.3) is 11.4 Å². The smallest absolute Gasteiger partial charge is 0.234 e. The Bertz CT molecular complexity index is 953. The lowest BCUT2D eigenvalue weighted by atomic mass is 10.0. The Hall–Kier alpha value is -2.71. The molecule has 0 bridgehead atoms. The quantitative estimate of drug-likeness (QED) is 0.497. The first-order valence-electron chi connectivity index (χ1n) is 10.0. The van der Waals surface area contributed by atoms with Gasteiger partial charge in [-0.1, -0.05) is 43.8 Å². The first kappa shape index (κ1) is 22.0. The van der Waals surface area contributed by atoms with Gasteiger partial charge in [-0.25, -0.2) is 0 Å². The van der Waals surface area contributed by atoms with E-state index in [1.54, 1.807) is 19.5 Å². The molecule has 7 nitrogen and oxygen atoms in total. The molecule has 0 unspecified atom stereocenters. The zero-order chi connectivity index (χ0) is 21.3. The number of carbonyl (C=O) groups is 1. The summed E-state index contributed by atoms with van der Waals surface area (Å²) in [7, 11) is 1.66. The van der Waals surface area contributed by atoms with Gasteiger partial charge in [-0.15, -0.1) is 10.2 Å². The summed E-state index contributed by atoms with van der Waals surface area (Å²) in [5.41, 5.74) is 4.16. The van der Waals surface area contributed by atoms with E-state index in [-0.39, 0.29) is 11.7 Å². The maximum atomic E-state index is 12.7. The van der Waals surface area contributed by atoms with Crippen LogP contribution in [-0.4, -0.2) is 45.1 Å². The van der Waals surface area contributed by atoms with Gasteiger partial charge in [-0.2, -0.15) is 0 Å². The predicted molar refractivity (Wildman–Crippen MR) is 120 cm³/mol. The molecule has 2 aromatic heterocycles. The lowest BCUT2D eigenvalue weighted by Crippen LogP contribution is -2.17. The summed E-state index contributed by atoms with van der Waals surface area (Å²) < 4.78 is 7.22. The fourth-order valence-corrected chi connectivity index (χ4v) is 3.97. The van der Waals surface area contributed by atoms with Crippen LogP contribution >= 0.6 is 11.8 Å². The number of hydrogen-bond donors (Lipinski definition) is 1. The van der Waals surface area contributed by atoms with Crippen molar-refractivity contribution in [1.29, 1.82) is 0 Å². The first-order chi connectivity index (χ1) is 14.7. The average Bonchev–Trinajstić information content (AvgIpc) is 3.19. The van der Waals surface area contributed by atoms with Crippen molar-refractivity contribution in [3.63, 3.8) is 0 Å². The summed E-state index contributed by atoms with van der Waals surface area (Å²) in [4.78, 5) is 16.8. The number of thioether (sulfide) groups is 1. The monoisotopic (exact) mass is 425 g/mol. The molecule has 0 saturated carbocycles. The van der Waals surface area contributed by atoms with Crippen molar-refractivity contribution in [3.8, 4) is 11.4 Å². The van der Waals surface area contributed by atoms with Gasteiger partial charge in [0, 0.05) is 30.8 Å². The molecule has 1 amide bonds. The highest BCUT2D eigenvalue weighted by Crippen LogP contribution is 2.25. The topological polar surface area (TPSA) is 81.9 Å². The summed E-state index contributed by atoms with van der Waals surface area (Å²) in [6.07, 6.45) is 5.19. The highest BCUT2D eigenvalue weighted by Gasteiger charge is 2.16. The normalized spacial score (nSPS) is 10.9. The number of pyridine rings is 1. The van der Waals surface area contributed by atoms with Gasteiger partial charge >= 0.3 is 0 Å². The minimum atomic E-state index is -0.0534. The molecule has 2 heterocycles. The van der Waals surface area contributed by atoms with Crippen LogP contribution < -0.4 is 5.32 Å². The minimum absolute atomic E-state index is 0.0534. The molecule has 0 aliphatic heterocycles. The minimum Gasteiger partial charge on any atom is -0.383 e. The van der Waals surface area contributed by atoms with Crippen LogP contribution in [0.5, 0.6) is 0 Å². The van der Waals surface area contributed by atoms with Gasteiger partial charge in [0.05, 0.1) is 18.9 Å². The molecule has 3 aromatic rings. The molecule has 1 aromatic carbocycles. The molecule has 0 atom stereocenters. The van der Waals surface area contributed by atoms with Crippen LogP contribution in [0.2, 0.25) is 0 Å². The number of nitrogens with zero attached hydrogens (tertiary/aromatic N) is 4. The number of hydrogen-bond acceptors (Lipinski definition) is 6. The van der Waals surface area contributed by atoms with Gasteiger partial charge in [-0.3, -0.25) is 14.3 Å². The molecule has 1 N–H and O–H groups in total. The van der Waals surface area contributed by atoms with Crippen LogP contribution in [0.15, 0.2) is 47.9 Å². The van der Waals surface area contributed by atoms with Gasteiger partial charge in [0.25, 0.3) is 0 Å². The molecule has 30 heavy (non-hydrogen) atoms. The van der Waals surface area contributed by atoms with Gasteiger partial charge in [-0.05, 0) is 36.1 Å². The maximum Gasteiger partial charge on any atom is 0.234 e. The zero-order valence-corrected chi connectivity index (χ0v) is 18.4. The van der Waals surface area contributed by atoms with Crippen molar-refractivity contribution in [1.82, 2.24) is 19.7 Å². The second-order valence-corrected chi connectivity index (χ2v) is 7.62. The number of rotatable bonds is 10. The molecule has 0 fully saturated rings. The van der Waals surface area contributed by atoms with E-state index >= 15 is 0 Å². The number of nitrogens with one attached hydrogen (secondary N) is 1. The Kier molecular flexibility index (Phi) is 7.98. The van der Waals surface area contributed by atoms with Gasteiger partial charge in [0.2, 0.25) is 5.91 Å². The Morgan fingerprint density at radius 2 is 1.80 bits per heavy atom. The lowest BCUT2D eigenvalue weighted by molar-refractivity contribution is -0.113. The van der Waals surface area contributed by atoms with Crippen molar-refractivity contribution >= 4 is 23.4 Å². The van der Waals surface area contributed by atoms with Crippen molar-refractivity contribution in [2.45, 2.75) is 38.4 Å². The van der Waals surface area contributed by atoms with Crippen LogP contribution in [0, 0.1) is 0 Å². The van der Waals surface area contributed by atoms with E-state index in [0.29, 0.717) is 18.3 Å². The molecule has 0 aliphatic rings. The molecule has 0 saturated heterocycles. The molecule has 0 aliphatic carbocycles. The number of ether oxygens (including phenoxy) is 1. The fourth-order valence-electron chi connectivity index (χ4n) is 3.20. The van der Waals surface area contributed by atoms with Gasteiger partial charge in [0.15, 0.2) is 11.0 Å². The largest absolute Gasteiger partial charge is 0.383 e. The SMILES string of the molecule is CCc1cccc(CC)c1NC(=O)CSc1nnc(-c2ccncc2)n1CCOC. The molecule has 158 valence electrons. The molecule has 0 radical (unpaired) electrons. The predicted octanol–water partition coefficient (Wildman–Crippen LogP) is 3.84. The summed E-state index contributed by atoms with van der Waals surface area (Å²) in [5.74, 6) is 0.937. The molecular weight excluding hydrogens is 398 g/mol. The van der Waals surface area contributed by atoms with Gasteiger partial charge < -0.3 is 10.1 Å². The van der Waals surface area contributed by atoms with E-state index in [1.165, 1.54) is 11.8 Å². The summed E-state index contributed by atoms with van der Waals surface area (Å²) in [6.45, 7) is 5.32. The van der Waals surface area contributed by atoms with E-state index in [0.717, 1.165) is 41.0 Å². The average molecular weight is 426 g/mol. The maximum absolute atomic E-state index is 12.7. The van der Waals surface area contributed by atoms with Gasteiger partial charge in [0.1, 0.15) is 0 Å². The Labute approximate surface area is 181 Å². The lowest BCUT2D eigenvalue weighted by Gasteiger charge is -2.14. The second kappa shape index (κ2) is 10.9. The number of aromatic nitrogens is 4. The van der Waals surface area contributed by atoms with Crippen molar-refractivity contribution in [2.75, 3.05) is 24.8 Å². The van der Waals surface area contributed by atoms with Crippen LogP contribution in [0.3, 0.4) is 0 Å². The number of aryl methyl sites for hydroxylation is 2. The Balaban J connectivity index is 1.74. The Morgan fingerprint density at radius 1 is 1.10 bits per heavy atom. The second-order valence-electron chi connectivity index (χ2n) is 6.68. The van der Waals surface area contributed by atoms with Crippen LogP contribution in [-0.2, 0) is 28.9 Å². The van der Waals surface area contributed by atoms with Crippen LogP contribution in [0.4, 0.5) is 5.69 Å². The summed E-state index contributed by atoms with van der Waals surface area (Å²) >= 11 is 1.37. The standard InChI is InChI=1S/C22H27N5O2S/c1-4-16-7-6-8-17(5-2)20(16)24-19(28)15-30-22-26-25-21(27(22)13-14-29-3)18-9-11-23-12-10-18/h6-12H,4-5,13-15H2,1-3H3,(H,24,28). The summed E-state index contributed by atoms with van der Waals surface area (Å²) in [6, 6.07) is 9.94. The summed E-state index contributed by atoms with van der Waals surface area (Å²) in [5, 5.41) is 12.4. The van der Waals surface area contributed by atoms with Crippen LogP contribution in [0.1, 0.15) is 25.0 Å². The molecule has 8 heteroatoms. The van der Waals surface area contributed by atoms with E-state index in [4.69, 9.17) is 4.74 Å². The number of amides is 1. The third-order valence-corrected chi connectivity index (χ3v) is 5.74. The molecule has 0 spiro atoms. The van der Waals surface area contributed by atoms with E-state index in [1.807, 2.05) is 22.8 Å². The fraction of sp³-hybridized carbons (Fsp3) is 0.364. The number of benzene rings is 1. The highest BCUT2D eigenvalue weighted by molar-refractivity contribution is 7.99. The van der Waals surface area contributed by atoms with Crippen molar-refractivity contribution in [2.24, 2.45) is 0 Å². The number of para-hydroxylation sites is 1.